The first-order valence-electron chi connectivity index (χ1n) is 6.41. The Morgan fingerprint density at radius 3 is 2.44 bits per heavy atom. The van der Waals surface area contributed by atoms with Crippen LogP contribution in [0.5, 0.6) is 0 Å². The molecule has 0 atom stereocenters. The maximum absolute atomic E-state index is 10.9. The van der Waals surface area contributed by atoms with Crippen LogP contribution in [0.3, 0.4) is 0 Å². The van der Waals surface area contributed by atoms with Crippen molar-refractivity contribution in [2.24, 2.45) is 0 Å². The molecule has 18 heavy (non-hydrogen) atoms. The van der Waals surface area contributed by atoms with Crippen molar-refractivity contribution < 1.29 is 4.79 Å². The molecule has 3 nitrogen and oxygen atoms in total. The van der Waals surface area contributed by atoms with Gasteiger partial charge in [-0.1, -0.05) is 30.0 Å². The van der Waals surface area contributed by atoms with E-state index in [4.69, 9.17) is 0 Å². The van der Waals surface area contributed by atoms with E-state index in [-0.39, 0.29) is 5.12 Å². The molecule has 0 radical (unpaired) electrons. The van der Waals surface area contributed by atoms with Crippen LogP contribution in [0, 0.1) is 0 Å². The second kappa shape index (κ2) is 6.81. The number of anilines is 1. The van der Waals surface area contributed by atoms with Gasteiger partial charge in [-0.3, -0.25) is 9.69 Å². The molecule has 0 N–H and O–H groups in total. The van der Waals surface area contributed by atoms with Crippen LogP contribution in [-0.4, -0.2) is 48.5 Å². The molecule has 1 aromatic rings. The first kappa shape index (κ1) is 13.4. The molecule has 2 rings (SSSR count). The minimum Gasteiger partial charge on any atom is -0.369 e. The Balaban J connectivity index is 1.73. The van der Waals surface area contributed by atoms with Crippen LogP contribution in [-0.2, 0) is 4.79 Å². The summed E-state index contributed by atoms with van der Waals surface area (Å²) in [6, 6.07) is 10.6. The fourth-order valence-corrected chi connectivity index (χ4v) is 2.82. The summed E-state index contributed by atoms with van der Waals surface area (Å²) in [5, 5.41) is 0.220. The lowest BCUT2D eigenvalue weighted by Crippen LogP contribution is -2.47. The van der Waals surface area contributed by atoms with Gasteiger partial charge in [-0.05, 0) is 12.1 Å². The third kappa shape index (κ3) is 4.03. The third-order valence-corrected chi connectivity index (χ3v) is 4.00. The normalized spacial score (nSPS) is 16.8. The maximum Gasteiger partial charge on any atom is 0.185 e. The SMILES string of the molecule is CC(=O)SCCN1CCN(c2ccccc2)CC1. The van der Waals surface area contributed by atoms with E-state index in [0.717, 1.165) is 38.5 Å². The van der Waals surface area contributed by atoms with E-state index in [0.29, 0.717) is 0 Å². The summed E-state index contributed by atoms with van der Waals surface area (Å²) in [5.74, 6) is 0.917. The number of hydrogen-bond acceptors (Lipinski definition) is 4. The van der Waals surface area contributed by atoms with E-state index in [1.54, 1.807) is 6.92 Å². The Bertz CT molecular complexity index is 375. The molecule has 1 aliphatic rings. The second-order valence-electron chi connectivity index (χ2n) is 4.50. The van der Waals surface area contributed by atoms with Crippen molar-refractivity contribution in [1.29, 1.82) is 0 Å². The van der Waals surface area contributed by atoms with Crippen LogP contribution in [0.2, 0.25) is 0 Å². The summed E-state index contributed by atoms with van der Waals surface area (Å²) in [4.78, 5) is 15.7. The number of rotatable bonds is 4. The topological polar surface area (TPSA) is 23.6 Å². The van der Waals surface area contributed by atoms with Gasteiger partial charge in [0.15, 0.2) is 5.12 Å². The lowest BCUT2D eigenvalue weighted by atomic mass is 10.2. The number of carbonyl (C=O) groups excluding carboxylic acids is 1. The molecule has 0 bridgehead atoms. The van der Waals surface area contributed by atoms with Crippen LogP contribution in [0.4, 0.5) is 5.69 Å². The molecule has 1 fully saturated rings. The van der Waals surface area contributed by atoms with Crippen LogP contribution in [0.1, 0.15) is 6.92 Å². The van der Waals surface area contributed by atoms with Crippen LogP contribution >= 0.6 is 11.8 Å². The van der Waals surface area contributed by atoms with Crippen molar-refractivity contribution in [1.82, 2.24) is 4.90 Å². The molecule has 0 unspecified atom stereocenters. The van der Waals surface area contributed by atoms with Gasteiger partial charge in [0.2, 0.25) is 0 Å². The van der Waals surface area contributed by atoms with E-state index >= 15 is 0 Å². The van der Waals surface area contributed by atoms with Crippen LogP contribution in [0.15, 0.2) is 30.3 Å². The summed E-state index contributed by atoms with van der Waals surface area (Å²) in [7, 11) is 0. The largest absolute Gasteiger partial charge is 0.369 e. The highest BCUT2D eigenvalue weighted by molar-refractivity contribution is 8.13. The van der Waals surface area contributed by atoms with Gasteiger partial charge in [0.1, 0.15) is 0 Å². The minimum absolute atomic E-state index is 0.220. The summed E-state index contributed by atoms with van der Waals surface area (Å²) in [6.45, 7) is 7.00. The minimum atomic E-state index is 0.220. The van der Waals surface area contributed by atoms with Crippen molar-refractivity contribution in [2.45, 2.75) is 6.92 Å². The Kier molecular flexibility index (Phi) is 5.08. The van der Waals surface area contributed by atoms with E-state index < -0.39 is 0 Å². The van der Waals surface area contributed by atoms with Crippen molar-refractivity contribution in [3.8, 4) is 0 Å². The van der Waals surface area contributed by atoms with Gasteiger partial charge >= 0.3 is 0 Å². The zero-order valence-corrected chi connectivity index (χ0v) is 11.7. The highest BCUT2D eigenvalue weighted by Gasteiger charge is 2.16. The first-order valence-corrected chi connectivity index (χ1v) is 7.40. The van der Waals surface area contributed by atoms with E-state index in [1.165, 1.54) is 17.4 Å². The average molecular weight is 264 g/mol. The van der Waals surface area contributed by atoms with E-state index in [2.05, 4.69) is 40.1 Å². The van der Waals surface area contributed by atoms with Crippen LogP contribution in [0.25, 0.3) is 0 Å². The second-order valence-corrected chi connectivity index (χ2v) is 5.78. The molecular formula is C14H20N2OS. The van der Waals surface area contributed by atoms with E-state index in [9.17, 15) is 4.79 Å². The number of carbonyl (C=O) groups is 1. The standard InChI is InChI=1S/C14H20N2OS/c1-13(17)18-12-11-15-7-9-16(10-8-15)14-5-3-2-4-6-14/h2-6H,7-12H2,1H3. The molecular weight excluding hydrogens is 244 g/mol. The fraction of sp³-hybridized carbons (Fsp3) is 0.500. The molecule has 0 aliphatic carbocycles. The number of para-hydroxylation sites is 1. The van der Waals surface area contributed by atoms with Gasteiger partial charge in [0.25, 0.3) is 0 Å². The Labute approximate surface area is 113 Å². The predicted octanol–water partition coefficient (Wildman–Crippen LogP) is 2.09. The molecule has 0 aromatic heterocycles. The summed E-state index contributed by atoms with van der Waals surface area (Å²) in [5.41, 5.74) is 1.32. The molecule has 1 saturated heterocycles. The van der Waals surface area contributed by atoms with Crippen molar-refractivity contribution in [2.75, 3.05) is 43.4 Å². The van der Waals surface area contributed by atoms with Gasteiger partial charge in [0, 0.05) is 51.1 Å². The zero-order valence-electron chi connectivity index (χ0n) is 10.8. The average Bonchev–Trinajstić information content (AvgIpc) is 2.40. The lowest BCUT2D eigenvalue weighted by molar-refractivity contribution is -0.109. The summed E-state index contributed by atoms with van der Waals surface area (Å²) >= 11 is 1.43. The number of thioether (sulfide) groups is 1. The molecule has 0 spiro atoms. The highest BCUT2D eigenvalue weighted by atomic mass is 32.2. The Morgan fingerprint density at radius 1 is 1.17 bits per heavy atom. The summed E-state index contributed by atoms with van der Waals surface area (Å²) < 4.78 is 0. The maximum atomic E-state index is 10.9. The molecule has 1 aliphatic heterocycles. The van der Waals surface area contributed by atoms with Gasteiger partial charge in [-0.25, -0.2) is 0 Å². The molecule has 98 valence electrons. The number of hydrogen-bond donors (Lipinski definition) is 0. The van der Waals surface area contributed by atoms with Gasteiger partial charge < -0.3 is 4.90 Å². The molecule has 0 saturated carbocycles. The van der Waals surface area contributed by atoms with E-state index in [1.807, 2.05) is 0 Å². The third-order valence-electron chi connectivity index (χ3n) is 3.21. The Morgan fingerprint density at radius 2 is 1.83 bits per heavy atom. The Hall–Kier alpha value is -1.00. The smallest absolute Gasteiger partial charge is 0.185 e. The van der Waals surface area contributed by atoms with Crippen LogP contribution < -0.4 is 4.90 Å². The molecule has 1 heterocycles. The van der Waals surface area contributed by atoms with Crippen molar-refractivity contribution >= 4 is 22.6 Å². The molecule has 4 heteroatoms. The number of benzene rings is 1. The number of nitrogens with zero attached hydrogens (tertiary/aromatic N) is 2. The van der Waals surface area contributed by atoms with Crippen molar-refractivity contribution in [3.63, 3.8) is 0 Å². The first-order chi connectivity index (χ1) is 8.75. The predicted molar refractivity (Wildman–Crippen MR) is 78.2 cm³/mol. The zero-order chi connectivity index (χ0) is 12.8. The lowest BCUT2D eigenvalue weighted by Gasteiger charge is -2.36. The summed E-state index contributed by atoms with van der Waals surface area (Å²) in [6.07, 6.45) is 0. The monoisotopic (exact) mass is 264 g/mol. The highest BCUT2D eigenvalue weighted by Crippen LogP contribution is 2.15. The van der Waals surface area contributed by atoms with Crippen molar-refractivity contribution in [3.05, 3.63) is 30.3 Å². The quantitative estimate of drug-likeness (QED) is 0.831. The van der Waals surface area contributed by atoms with Gasteiger partial charge in [-0.2, -0.15) is 0 Å². The van der Waals surface area contributed by atoms with Gasteiger partial charge in [0.05, 0.1) is 0 Å². The number of piperazine rings is 1. The molecule has 0 amide bonds. The van der Waals surface area contributed by atoms with Gasteiger partial charge in [-0.15, -0.1) is 0 Å². The fourth-order valence-electron chi connectivity index (χ4n) is 2.19. The molecule has 1 aromatic carbocycles.